The highest BCUT2D eigenvalue weighted by atomic mass is 16.1. The van der Waals surface area contributed by atoms with E-state index in [0.717, 1.165) is 34.6 Å². The van der Waals surface area contributed by atoms with Gasteiger partial charge >= 0.3 is 0 Å². The molecule has 3 aromatic rings. The second-order valence-electron chi connectivity index (χ2n) is 7.11. The highest BCUT2D eigenvalue weighted by molar-refractivity contribution is 6.01. The number of hydrogen-bond donors (Lipinski definition) is 1. The fraction of sp³-hybridized carbons (Fsp3) is 0.200. The molecule has 0 radical (unpaired) electrons. The van der Waals surface area contributed by atoms with Crippen LogP contribution in [0.4, 0.5) is 0 Å². The van der Waals surface area contributed by atoms with Gasteiger partial charge in [0.2, 0.25) is 0 Å². The molecule has 3 rings (SSSR count). The zero-order chi connectivity index (χ0) is 20.8. The van der Waals surface area contributed by atoms with Crippen molar-refractivity contribution in [3.05, 3.63) is 94.3 Å². The Balaban J connectivity index is 1.79. The number of rotatable bonds is 6. The Morgan fingerprint density at radius 1 is 1.07 bits per heavy atom. The second kappa shape index (κ2) is 9.07. The molecule has 4 heteroatoms. The largest absolute Gasteiger partial charge is 0.351 e. The molecule has 0 atom stereocenters. The number of carbonyl (C=O) groups is 1. The number of aryl methyl sites for hydroxylation is 2. The van der Waals surface area contributed by atoms with Crippen molar-refractivity contribution in [2.45, 2.75) is 27.2 Å². The van der Waals surface area contributed by atoms with E-state index in [2.05, 4.69) is 28.9 Å². The van der Waals surface area contributed by atoms with Crippen molar-refractivity contribution in [1.82, 2.24) is 9.88 Å². The molecule has 0 unspecified atom stereocenters. The van der Waals surface area contributed by atoms with Crippen LogP contribution >= 0.6 is 0 Å². The Bertz CT molecular complexity index is 1090. The molecule has 4 nitrogen and oxygen atoms in total. The van der Waals surface area contributed by atoms with Gasteiger partial charge in [0.25, 0.3) is 5.91 Å². The van der Waals surface area contributed by atoms with Gasteiger partial charge in [-0.15, -0.1) is 0 Å². The van der Waals surface area contributed by atoms with Crippen molar-refractivity contribution >= 4 is 12.0 Å². The number of carbonyl (C=O) groups excluding carboxylic acids is 1. The zero-order valence-electron chi connectivity index (χ0n) is 17.1. The molecule has 29 heavy (non-hydrogen) atoms. The summed E-state index contributed by atoms with van der Waals surface area (Å²) in [5.41, 5.74) is 6.48. The molecular weight excluding hydrogens is 358 g/mol. The molecule has 1 amide bonds. The minimum Gasteiger partial charge on any atom is -0.351 e. The lowest BCUT2D eigenvalue weighted by Crippen LogP contribution is -2.26. The van der Waals surface area contributed by atoms with E-state index < -0.39 is 0 Å². The lowest BCUT2D eigenvalue weighted by molar-refractivity contribution is -0.117. The van der Waals surface area contributed by atoms with Gasteiger partial charge in [-0.05, 0) is 62.1 Å². The van der Waals surface area contributed by atoms with E-state index in [9.17, 15) is 10.1 Å². The van der Waals surface area contributed by atoms with Crippen LogP contribution in [0.1, 0.15) is 28.1 Å². The molecule has 2 aromatic carbocycles. The van der Waals surface area contributed by atoms with Crippen molar-refractivity contribution in [3.8, 4) is 11.8 Å². The molecular formula is C25H25N3O. The second-order valence-corrected chi connectivity index (χ2v) is 7.11. The van der Waals surface area contributed by atoms with Crippen LogP contribution in [0.25, 0.3) is 11.8 Å². The van der Waals surface area contributed by atoms with Gasteiger partial charge in [-0.1, -0.05) is 48.5 Å². The smallest absolute Gasteiger partial charge is 0.261 e. The Labute approximate surface area is 172 Å². The Hall–Kier alpha value is -3.58. The number of benzene rings is 2. The molecule has 0 fully saturated rings. The van der Waals surface area contributed by atoms with E-state index in [-0.39, 0.29) is 11.5 Å². The van der Waals surface area contributed by atoms with Crippen molar-refractivity contribution in [3.63, 3.8) is 0 Å². The monoisotopic (exact) mass is 383 g/mol. The molecule has 1 aromatic heterocycles. The predicted molar refractivity (Wildman–Crippen MR) is 117 cm³/mol. The van der Waals surface area contributed by atoms with E-state index in [1.54, 1.807) is 6.08 Å². The van der Waals surface area contributed by atoms with Crippen molar-refractivity contribution < 1.29 is 4.79 Å². The minimum atomic E-state index is -0.343. The SMILES string of the molecule is Cc1ccccc1-n1c(C)cc(/C=C(/C#N)C(=O)NCCc2ccccc2)c1C. The van der Waals surface area contributed by atoms with Gasteiger partial charge in [-0.2, -0.15) is 5.26 Å². The molecule has 0 bridgehead atoms. The maximum atomic E-state index is 12.5. The number of hydrogen-bond acceptors (Lipinski definition) is 2. The normalized spacial score (nSPS) is 11.2. The summed E-state index contributed by atoms with van der Waals surface area (Å²) < 4.78 is 2.16. The van der Waals surface area contributed by atoms with E-state index in [0.29, 0.717) is 6.54 Å². The zero-order valence-corrected chi connectivity index (χ0v) is 17.1. The van der Waals surface area contributed by atoms with Gasteiger partial charge in [-0.3, -0.25) is 4.79 Å². The third kappa shape index (κ3) is 4.64. The summed E-state index contributed by atoms with van der Waals surface area (Å²) >= 11 is 0. The first-order chi connectivity index (χ1) is 14.0. The summed E-state index contributed by atoms with van der Waals surface area (Å²) in [5, 5.41) is 12.4. The predicted octanol–water partition coefficient (Wildman–Crippen LogP) is 4.67. The summed E-state index contributed by atoms with van der Waals surface area (Å²) in [6.07, 6.45) is 2.40. The first kappa shape index (κ1) is 20.2. The van der Waals surface area contributed by atoms with Crippen LogP contribution in [0.5, 0.6) is 0 Å². The Morgan fingerprint density at radius 3 is 2.45 bits per heavy atom. The van der Waals surface area contributed by atoms with Crippen LogP contribution < -0.4 is 5.32 Å². The molecule has 0 saturated heterocycles. The van der Waals surface area contributed by atoms with E-state index in [1.807, 2.05) is 68.4 Å². The number of aromatic nitrogens is 1. The van der Waals surface area contributed by atoms with Gasteiger partial charge in [0.05, 0.1) is 0 Å². The van der Waals surface area contributed by atoms with Crippen LogP contribution in [0.15, 0.2) is 66.2 Å². The molecule has 0 aliphatic heterocycles. The van der Waals surface area contributed by atoms with Crippen molar-refractivity contribution in [1.29, 1.82) is 5.26 Å². The van der Waals surface area contributed by atoms with E-state index in [1.165, 1.54) is 5.56 Å². The average molecular weight is 383 g/mol. The van der Waals surface area contributed by atoms with E-state index >= 15 is 0 Å². The fourth-order valence-electron chi connectivity index (χ4n) is 3.48. The molecule has 146 valence electrons. The number of nitriles is 1. The highest BCUT2D eigenvalue weighted by Gasteiger charge is 2.14. The van der Waals surface area contributed by atoms with Gasteiger partial charge in [0, 0.05) is 23.6 Å². The molecule has 1 N–H and O–H groups in total. The first-order valence-electron chi connectivity index (χ1n) is 9.70. The maximum absolute atomic E-state index is 12.5. The summed E-state index contributed by atoms with van der Waals surface area (Å²) in [4.78, 5) is 12.5. The summed E-state index contributed by atoms with van der Waals surface area (Å²) in [6.45, 7) is 6.60. The van der Waals surface area contributed by atoms with Crippen LogP contribution in [-0.4, -0.2) is 17.0 Å². The topological polar surface area (TPSA) is 57.8 Å². The number of amides is 1. The lowest BCUT2D eigenvalue weighted by atomic mass is 10.1. The molecule has 0 spiro atoms. The molecule has 0 saturated carbocycles. The van der Waals surface area contributed by atoms with Crippen molar-refractivity contribution in [2.24, 2.45) is 0 Å². The van der Waals surface area contributed by atoms with Crippen LogP contribution in [0.2, 0.25) is 0 Å². The van der Waals surface area contributed by atoms with Gasteiger partial charge in [0.15, 0.2) is 0 Å². The minimum absolute atomic E-state index is 0.114. The highest BCUT2D eigenvalue weighted by Crippen LogP contribution is 2.24. The molecule has 0 aliphatic carbocycles. The van der Waals surface area contributed by atoms with Crippen LogP contribution in [0.3, 0.4) is 0 Å². The molecule has 1 heterocycles. The number of para-hydroxylation sites is 1. The number of nitrogens with zero attached hydrogens (tertiary/aromatic N) is 2. The van der Waals surface area contributed by atoms with Gasteiger partial charge in [0.1, 0.15) is 11.6 Å². The summed E-state index contributed by atoms with van der Waals surface area (Å²) in [7, 11) is 0. The maximum Gasteiger partial charge on any atom is 0.261 e. The van der Waals surface area contributed by atoms with E-state index in [4.69, 9.17) is 0 Å². The Morgan fingerprint density at radius 2 is 1.76 bits per heavy atom. The summed E-state index contributed by atoms with van der Waals surface area (Å²) in [5.74, 6) is -0.343. The quantitative estimate of drug-likeness (QED) is 0.497. The van der Waals surface area contributed by atoms with Gasteiger partial charge in [-0.25, -0.2) is 0 Å². The summed E-state index contributed by atoms with van der Waals surface area (Å²) in [6, 6.07) is 22.2. The third-order valence-corrected chi connectivity index (χ3v) is 5.03. The van der Waals surface area contributed by atoms with Crippen molar-refractivity contribution in [2.75, 3.05) is 6.54 Å². The average Bonchev–Trinajstić information content (AvgIpc) is 3.00. The standard InChI is InChI=1S/C25H25N3O/c1-18-9-7-8-12-24(18)28-19(2)15-22(20(28)3)16-23(17-26)25(29)27-14-13-21-10-5-4-6-11-21/h4-12,15-16H,13-14H2,1-3H3,(H,27,29)/b23-16-. The van der Waals surface area contributed by atoms with Gasteiger partial charge < -0.3 is 9.88 Å². The van der Waals surface area contributed by atoms with Crippen LogP contribution in [-0.2, 0) is 11.2 Å². The number of nitrogens with one attached hydrogen (secondary N) is 1. The lowest BCUT2D eigenvalue weighted by Gasteiger charge is -2.12. The molecule has 0 aliphatic rings. The third-order valence-electron chi connectivity index (χ3n) is 5.03. The fourth-order valence-corrected chi connectivity index (χ4v) is 3.48. The van der Waals surface area contributed by atoms with Crippen LogP contribution in [0, 0.1) is 32.1 Å². The Kier molecular flexibility index (Phi) is 6.31. The first-order valence-corrected chi connectivity index (χ1v) is 9.70.